The van der Waals surface area contributed by atoms with Crippen LogP contribution < -0.4 is 11.1 Å². The number of nitrogens with two attached hydrogens (primary N) is 1. The van der Waals surface area contributed by atoms with Crippen molar-refractivity contribution in [1.29, 1.82) is 0 Å². The zero-order valence-corrected chi connectivity index (χ0v) is 13.2. The van der Waals surface area contributed by atoms with Crippen molar-refractivity contribution in [2.45, 2.75) is 65.8 Å². The quantitative estimate of drug-likeness (QED) is 0.825. The molecule has 0 aromatic rings. The maximum Gasteiger partial charge on any atom is 0.224 e. The minimum Gasteiger partial charge on any atom is -0.349 e. The van der Waals surface area contributed by atoms with Crippen molar-refractivity contribution in [2.24, 2.45) is 28.4 Å². The smallest absolute Gasteiger partial charge is 0.224 e. The van der Waals surface area contributed by atoms with Crippen molar-refractivity contribution in [3.8, 4) is 0 Å². The van der Waals surface area contributed by atoms with Crippen molar-refractivity contribution in [3.63, 3.8) is 0 Å². The number of amides is 1. The second kappa shape index (κ2) is 4.47. The molecule has 2 unspecified atom stereocenters. The van der Waals surface area contributed by atoms with Gasteiger partial charge < -0.3 is 11.1 Å². The fraction of sp³-hybridized carbons (Fsp3) is 0.938. The first-order chi connectivity index (χ1) is 8.66. The molecule has 3 N–H and O–H groups in total. The van der Waals surface area contributed by atoms with Crippen LogP contribution in [0.2, 0.25) is 0 Å². The molecule has 2 fully saturated rings. The van der Waals surface area contributed by atoms with E-state index in [-0.39, 0.29) is 28.2 Å². The molecule has 110 valence electrons. The third-order valence-electron chi connectivity index (χ3n) is 6.15. The fourth-order valence-electron chi connectivity index (χ4n) is 4.20. The molecule has 0 heterocycles. The van der Waals surface area contributed by atoms with Gasteiger partial charge in [0.2, 0.25) is 5.91 Å². The maximum absolute atomic E-state index is 12.6. The van der Waals surface area contributed by atoms with Crippen molar-refractivity contribution >= 4 is 5.91 Å². The minimum atomic E-state index is -0.149. The zero-order chi connectivity index (χ0) is 14.5. The summed E-state index contributed by atoms with van der Waals surface area (Å²) in [4.78, 5) is 12.6. The van der Waals surface area contributed by atoms with Crippen LogP contribution >= 0.6 is 0 Å². The molecule has 0 spiro atoms. The lowest BCUT2D eigenvalue weighted by molar-refractivity contribution is -0.126. The number of hydrogen-bond donors (Lipinski definition) is 2. The first-order valence-electron chi connectivity index (χ1n) is 7.68. The van der Waals surface area contributed by atoms with E-state index in [9.17, 15) is 4.79 Å². The molecule has 2 aliphatic carbocycles. The number of rotatable bonds is 3. The molecule has 0 radical (unpaired) electrons. The van der Waals surface area contributed by atoms with Crippen LogP contribution in [0.3, 0.4) is 0 Å². The van der Waals surface area contributed by atoms with Gasteiger partial charge in [0.05, 0.1) is 5.54 Å². The van der Waals surface area contributed by atoms with Gasteiger partial charge in [-0.3, -0.25) is 4.79 Å². The van der Waals surface area contributed by atoms with Gasteiger partial charge in [0.25, 0.3) is 0 Å². The van der Waals surface area contributed by atoms with Gasteiger partial charge in [0, 0.05) is 12.5 Å². The number of carbonyl (C=O) groups excluding carboxylic acids is 1. The summed E-state index contributed by atoms with van der Waals surface area (Å²) in [6.07, 6.45) is 4.50. The van der Waals surface area contributed by atoms with Gasteiger partial charge in [0.1, 0.15) is 0 Å². The largest absolute Gasteiger partial charge is 0.349 e. The summed E-state index contributed by atoms with van der Waals surface area (Å²) in [7, 11) is 0. The van der Waals surface area contributed by atoms with Gasteiger partial charge in [-0.05, 0) is 29.6 Å². The molecule has 2 saturated carbocycles. The predicted molar refractivity (Wildman–Crippen MR) is 78.6 cm³/mol. The van der Waals surface area contributed by atoms with Gasteiger partial charge in [-0.25, -0.2) is 0 Å². The SMILES string of the molecule is CC1CCCC(CN)(NC(=O)C2C(C)(C)C2(C)C)C1. The Bertz CT molecular complexity index is 361. The molecular weight excluding hydrogens is 236 g/mol. The summed E-state index contributed by atoms with van der Waals surface area (Å²) in [6, 6.07) is 0. The van der Waals surface area contributed by atoms with Gasteiger partial charge in [-0.2, -0.15) is 0 Å². The summed E-state index contributed by atoms with van der Waals surface area (Å²) >= 11 is 0. The molecule has 0 saturated heterocycles. The Balaban J connectivity index is 2.06. The van der Waals surface area contributed by atoms with E-state index in [1.807, 2.05) is 0 Å². The Kier molecular flexibility index (Phi) is 3.49. The number of carbonyl (C=O) groups is 1. The lowest BCUT2D eigenvalue weighted by Crippen LogP contribution is -2.56. The molecule has 0 bridgehead atoms. The summed E-state index contributed by atoms with van der Waals surface area (Å²) in [6.45, 7) is 11.6. The Morgan fingerprint density at radius 2 is 1.84 bits per heavy atom. The lowest BCUT2D eigenvalue weighted by atomic mass is 9.76. The molecular formula is C16H30N2O. The average molecular weight is 266 g/mol. The third-order valence-corrected chi connectivity index (χ3v) is 6.15. The van der Waals surface area contributed by atoms with E-state index in [0.29, 0.717) is 12.5 Å². The Morgan fingerprint density at radius 1 is 1.26 bits per heavy atom. The van der Waals surface area contributed by atoms with Crippen LogP contribution in [0.15, 0.2) is 0 Å². The van der Waals surface area contributed by atoms with Crippen LogP contribution in [-0.2, 0) is 4.79 Å². The van der Waals surface area contributed by atoms with E-state index < -0.39 is 0 Å². The van der Waals surface area contributed by atoms with E-state index >= 15 is 0 Å². The predicted octanol–water partition coefficient (Wildman–Crippen LogP) is 2.69. The standard InChI is InChI=1S/C16H30N2O/c1-11-7-6-8-16(9-11,10-17)18-13(19)12-14(2,3)15(12,4)5/h11-12H,6-10,17H2,1-5H3,(H,18,19). The fourth-order valence-corrected chi connectivity index (χ4v) is 4.20. The van der Waals surface area contributed by atoms with E-state index in [1.54, 1.807) is 0 Å². The van der Waals surface area contributed by atoms with Crippen molar-refractivity contribution < 1.29 is 4.79 Å². The highest BCUT2D eigenvalue weighted by atomic mass is 16.2. The zero-order valence-electron chi connectivity index (χ0n) is 13.2. The molecule has 0 aromatic heterocycles. The summed E-state index contributed by atoms with van der Waals surface area (Å²) in [5, 5.41) is 3.32. The summed E-state index contributed by atoms with van der Waals surface area (Å²) in [5.74, 6) is 1.01. The van der Waals surface area contributed by atoms with E-state index in [4.69, 9.17) is 5.73 Å². The van der Waals surface area contributed by atoms with Gasteiger partial charge in [0.15, 0.2) is 0 Å². The van der Waals surface area contributed by atoms with E-state index in [0.717, 1.165) is 12.8 Å². The minimum absolute atomic E-state index is 0.104. The van der Waals surface area contributed by atoms with Gasteiger partial charge in [-0.15, -0.1) is 0 Å². The molecule has 2 rings (SSSR count). The first-order valence-corrected chi connectivity index (χ1v) is 7.68. The van der Waals surface area contributed by atoms with Gasteiger partial charge in [-0.1, -0.05) is 47.5 Å². The normalized spacial score (nSPS) is 36.8. The average Bonchev–Trinajstić information content (AvgIpc) is 2.69. The summed E-state index contributed by atoms with van der Waals surface area (Å²) in [5.41, 5.74) is 6.05. The Hall–Kier alpha value is -0.570. The highest BCUT2D eigenvalue weighted by Crippen LogP contribution is 2.68. The monoisotopic (exact) mass is 266 g/mol. The highest BCUT2D eigenvalue weighted by molar-refractivity contribution is 5.84. The highest BCUT2D eigenvalue weighted by Gasteiger charge is 2.68. The van der Waals surface area contributed by atoms with Gasteiger partial charge >= 0.3 is 0 Å². The van der Waals surface area contributed by atoms with Crippen LogP contribution in [0, 0.1) is 22.7 Å². The van der Waals surface area contributed by atoms with E-state index in [2.05, 4.69) is 39.9 Å². The van der Waals surface area contributed by atoms with Crippen molar-refractivity contribution in [3.05, 3.63) is 0 Å². The lowest BCUT2D eigenvalue weighted by Gasteiger charge is -2.40. The summed E-state index contributed by atoms with van der Waals surface area (Å²) < 4.78 is 0. The molecule has 0 aromatic carbocycles. The number of nitrogens with one attached hydrogen (secondary N) is 1. The topological polar surface area (TPSA) is 55.1 Å². The van der Waals surface area contributed by atoms with Crippen molar-refractivity contribution in [2.75, 3.05) is 6.54 Å². The Labute approximate surface area is 117 Å². The first kappa shape index (κ1) is 14.8. The molecule has 3 nitrogen and oxygen atoms in total. The van der Waals surface area contributed by atoms with E-state index in [1.165, 1.54) is 12.8 Å². The van der Waals surface area contributed by atoms with Crippen LogP contribution in [-0.4, -0.2) is 18.0 Å². The van der Waals surface area contributed by atoms with Crippen LogP contribution in [0.25, 0.3) is 0 Å². The van der Waals surface area contributed by atoms with Crippen LogP contribution in [0.1, 0.15) is 60.3 Å². The second-order valence-corrected chi connectivity index (χ2v) is 8.05. The molecule has 19 heavy (non-hydrogen) atoms. The van der Waals surface area contributed by atoms with Crippen molar-refractivity contribution in [1.82, 2.24) is 5.32 Å². The molecule has 0 aliphatic heterocycles. The Morgan fingerprint density at radius 3 is 2.26 bits per heavy atom. The second-order valence-electron chi connectivity index (χ2n) is 8.05. The number of hydrogen-bond acceptors (Lipinski definition) is 2. The molecule has 1 amide bonds. The van der Waals surface area contributed by atoms with Crippen LogP contribution in [0.5, 0.6) is 0 Å². The third kappa shape index (κ3) is 2.31. The maximum atomic E-state index is 12.6. The molecule has 2 aliphatic rings. The molecule has 3 heteroatoms. The van der Waals surface area contributed by atoms with Crippen LogP contribution in [0.4, 0.5) is 0 Å². The molecule has 2 atom stereocenters.